The minimum absolute atomic E-state index is 0.00481. The number of nitrogens with zero attached hydrogens (tertiary/aromatic N) is 1. The molecule has 49 heavy (non-hydrogen) atoms. The Hall–Kier alpha value is -5.30. The molecule has 3 aromatic carbocycles. The van der Waals surface area contributed by atoms with E-state index in [9.17, 15) is 34.4 Å². The Kier molecular flexibility index (Phi) is 12.8. The predicted molar refractivity (Wildman–Crippen MR) is 183 cm³/mol. The van der Waals surface area contributed by atoms with Gasteiger partial charge in [0.2, 0.25) is 11.8 Å². The molecule has 0 bridgehead atoms. The molecule has 0 saturated heterocycles. The molecule has 6 N–H and O–H groups in total. The first kappa shape index (κ1) is 36.5. The summed E-state index contributed by atoms with van der Waals surface area (Å²) in [5.41, 5.74) is 10.0. The van der Waals surface area contributed by atoms with Gasteiger partial charge in [-0.05, 0) is 66.0 Å². The zero-order chi connectivity index (χ0) is 35.5. The lowest BCUT2D eigenvalue weighted by molar-refractivity contribution is -0.384. The Morgan fingerprint density at radius 2 is 1.41 bits per heavy atom. The molecule has 260 valence electrons. The van der Waals surface area contributed by atoms with Crippen LogP contribution in [0.25, 0.3) is 11.1 Å². The molecule has 0 radical (unpaired) electrons. The summed E-state index contributed by atoms with van der Waals surface area (Å²) in [5.74, 6) is -2.85. The number of nitrogens with one attached hydrogen (secondary N) is 3. The van der Waals surface area contributed by atoms with E-state index >= 15 is 0 Å². The van der Waals surface area contributed by atoms with Gasteiger partial charge in [0.25, 0.3) is 5.69 Å². The van der Waals surface area contributed by atoms with Crippen LogP contribution in [-0.2, 0) is 25.5 Å². The zero-order valence-electron chi connectivity index (χ0n) is 27.6. The van der Waals surface area contributed by atoms with E-state index in [0.29, 0.717) is 24.9 Å². The smallest absolute Gasteiger partial charge is 0.407 e. The summed E-state index contributed by atoms with van der Waals surface area (Å²) in [4.78, 5) is 62.8. The van der Waals surface area contributed by atoms with E-state index < -0.39 is 46.9 Å². The number of carbonyl (C=O) groups is 4. The van der Waals surface area contributed by atoms with Gasteiger partial charge < -0.3 is 31.5 Å². The molecule has 3 atom stereocenters. The fraction of sp³-hybridized carbons (Fsp3) is 0.389. The summed E-state index contributed by atoms with van der Waals surface area (Å²) in [6, 6.07) is 17.8. The Balaban J connectivity index is 1.51. The van der Waals surface area contributed by atoms with Crippen LogP contribution in [0.2, 0.25) is 0 Å². The van der Waals surface area contributed by atoms with E-state index in [2.05, 4.69) is 16.0 Å². The van der Waals surface area contributed by atoms with Crippen molar-refractivity contribution in [3.05, 3.63) is 99.6 Å². The molecule has 0 spiro atoms. The first-order valence-electron chi connectivity index (χ1n) is 16.4. The van der Waals surface area contributed by atoms with Crippen molar-refractivity contribution >= 4 is 29.6 Å². The Bertz CT molecular complexity index is 1600. The molecule has 13 nitrogen and oxygen atoms in total. The topological polar surface area (TPSA) is 203 Å². The first-order chi connectivity index (χ1) is 23.5. The number of rotatable bonds is 17. The summed E-state index contributed by atoms with van der Waals surface area (Å²) < 4.78 is 5.68. The van der Waals surface area contributed by atoms with Gasteiger partial charge >= 0.3 is 12.1 Å². The normalized spacial score (nSPS) is 13.8. The molecule has 3 amide bonds. The fourth-order valence-electron chi connectivity index (χ4n) is 5.98. The van der Waals surface area contributed by atoms with E-state index in [1.807, 2.05) is 62.4 Å². The number of hydrogen-bond acceptors (Lipinski definition) is 8. The van der Waals surface area contributed by atoms with Gasteiger partial charge in [0.15, 0.2) is 0 Å². The maximum atomic E-state index is 13.8. The third kappa shape index (κ3) is 9.86. The number of ether oxygens (including phenoxy) is 1. The highest BCUT2D eigenvalue weighted by Crippen LogP contribution is 2.44. The molecule has 0 unspecified atom stereocenters. The minimum atomic E-state index is -1.24. The van der Waals surface area contributed by atoms with Crippen LogP contribution in [0, 0.1) is 16.0 Å². The average molecular weight is 674 g/mol. The number of nitrogens with two attached hydrogens (primary N) is 1. The van der Waals surface area contributed by atoms with Crippen LogP contribution >= 0.6 is 0 Å². The summed E-state index contributed by atoms with van der Waals surface area (Å²) in [6.45, 7) is 4.10. The summed E-state index contributed by atoms with van der Waals surface area (Å²) in [7, 11) is 0. The molecule has 0 aliphatic heterocycles. The van der Waals surface area contributed by atoms with E-state index in [1.165, 1.54) is 24.3 Å². The van der Waals surface area contributed by atoms with Crippen LogP contribution in [0.15, 0.2) is 72.8 Å². The molecular formula is C36H43N5O8. The van der Waals surface area contributed by atoms with Crippen LogP contribution in [-0.4, -0.2) is 65.2 Å². The number of nitro groups is 1. The maximum absolute atomic E-state index is 13.8. The van der Waals surface area contributed by atoms with Crippen molar-refractivity contribution in [1.82, 2.24) is 16.0 Å². The SMILES string of the molecule is CC(C)C[C@H](NC(=O)[C@@H](Cc1ccc([N+](=O)[O-])cc1)NC(=O)OCC1c2ccccc2-c2ccccc21)C(=O)N[C@@H](CCCCN)C(=O)O. The van der Waals surface area contributed by atoms with Crippen molar-refractivity contribution in [2.75, 3.05) is 13.2 Å². The number of benzene rings is 3. The molecule has 0 saturated carbocycles. The van der Waals surface area contributed by atoms with Crippen LogP contribution < -0.4 is 21.7 Å². The lowest BCUT2D eigenvalue weighted by Crippen LogP contribution is -2.56. The zero-order valence-corrected chi connectivity index (χ0v) is 27.6. The van der Waals surface area contributed by atoms with Gasteiger partial charge in [-0.1, -0.05) is 74.5 Å². The quantitative estimate of drug-likeness (QED) is 0.0787. The van der Waals surface area contributed by atoms with Crippen molar-refractivity contribution in [2.45, 2.75) is 70.0 Å². The average Bonchev–Trinajstić information content (AvgIpc) is 3.39. The van der Waals surface area contributed by atoms with Crippen LogP contribution in [0.3, 0.4) is 0 Å². The number of fused-ring (bicyclic) bond motifs is 3. The van der Waals surface area contributed by atoms with Gasteiger partial charge in [-0.3, -0.25) is 19.7 Å². The number of carbonyl (C=O) groups excluding carboxylic acids is 3. The van der Waals surface area contributed by atoms with Crippen LogP contribution in [0.1, 0.15) is 62.1 Å². The van der Waals surface area contributed by atoms with Crippen molar-refractivity contribution in [3.8, 4) is 11.1 Å². The molecular weight excluding hydrogens is 630 g/mol. The highest BCUT2D eigenvalue weighted by Gasteiger charge is 2.32. The van der Waals surface area contributed by atoms with Crippen molar-refractivity contribution in [2.24, 2.45) is 11.7 Å². The number of unbranched alkanes of at least 4 members (excludes halogenated alkanes) is 1. The third-order valence-corrected chi connectivity index (χ3v) is 8.44. The van der Waals surface area contributed by atoms with Gasteiger partial charge in [0.1, 0.15) is 24.7 Å². The number of nitro benzene ring substituents is 1. The molecule has 4 rings (SSSR count). The molecule has 1 aliphatic rings. The second-order valence-electron chi connectivity index (χ2n) is 12.5. The van der Waals surface area contributed by atoms with Gasteiger partial charge in [-0.25, -0.2) is 9.59 Å². The number of amides is 3. The number of non-ortho nitro benzene ring substituents is 1. The summed E-state index contributed by atoms with van der Waals surface area (Å²) in [5, 5.41) is 28.7. The minimum Gasteiger partial charge on any atom is -0.480 e. The van der Waals surface area contributed by atoms with E-state index in [0.717, 1.165) is 22.3 Å². The number of hydrogen-bond donors (Lipinski definition) is 5. The Labute approximate surface area is 284 Å². The summed E-state index contributed by atoms with van der Waals surface area (Å²) >= 11 is 0. The predicted octanol–water partition coefficient (Wildman–Crippen LogP) is 4.27. The number of aliphatic carboxylic acids is 1. The molecule has 3 aromatic rings. The monoisotopic (exact) mass is 673 g/mol. The standard InChI is InChI=1S/C36H43N5O8/c1-22(2)19-31(33(42)38-30(35(44)45)13-7-8-18-37)39-34(43)32(20-23-14-16-24(17-15-23)41(47)48)40-36(46)49-21-29-27-11-5-3-9-25(27)26-10-4-6-12-28(26)29/h3-6,9-12,14-17,22,29-32H,7-8,13,18-21,37H2,1-2H3,(H,38,42)(H,39,43)(H,40,46)(H,44,45)/t30-,31-,32+/m0/s1. The van der Waals surface area contributed by atoms with E-state index in [1.54, 1.807) is 0 Å². The Morgan fingerprint density at radius 1 is 0.837 bits per heavy atom. The van der Waals surface area contributed by atoms with Gasteiger partial charge in [0.05, 0.1) is 4.92 Å². The maximum Gasteiger partial charge on any atom is 0.407 e. The van der Waals surface area contributed by atoms with E-state index in [4.69, 9.17) is 10.5 Å². The fourth-order valence-corrected chi connectivity index (χ4v) is 5.98. The second-order valence-corrected chi connectivity index (χ2v) is 12.5. The van der Waals surface area contributed by atoms with Crippen molar-refractivity contribution in [3.63, 3.8) is 0 Å². The third-order valence-electron chi connectivity index (χ3n) is 8.44. The van der Waals surface area contributed by atoms with Gasteiger partial charge in [0, 0.05) is 24.5 Å². The largest absolute Gasteiger partial charge is 0.480 e. The van der Waals surface area contributed by atoms with Crippen molar-refractivity contribution in [1.29, 1.82) is 0 Å². The number of carboxylic acid groups (broad SMARTS) is 1. The molecule has 13 heteroatoms. The Morgan fingerprint density at radius 3 is 1.96 bits per heavy atom. The molecule has 0 fully saturated rings. The van der Waals surface area contributed by atoms with Crippen LogP contribution in [0.4, 0.5) is 10.5 Å². The highest BCUT2D eigenvalue weighted by molar-refractivity contribution is 5.93. The van der Waals surface area contributed by atoms with Gasteiger partial charge in [-0.2, -0.15) is 0 Å². The van der Waals surface area contributed by atoms with Crippen molar-refractivity contribution < 1.29 is 33.9 Å². The lowest BCUT2D eigenvalue weighted by Gasteiger charge is -2.25. The number of alkyl carbamates (subject to hydrolysis) is 1. The van der Waals surface area contributed by atoms with E-state index in [-0.39, 0.29) is 43.4 Å². The van der Waals surface area contributed by atoms with Crippen LogP contribution in [0.5, 0.6) is 0 Å². The summed E-state index contributed by atoms with van der Waals surface area (Å²) in [6.07, 6.45) is 0.531. The van der Waals surface area contributed by atoms with Gasteiger partial charge in [-0.15, -0.1) is 0 Å². The molecule has 0 aromatic heterocycles. The highest BCUT2D eigenvalue weighted by atomic mass is 16.6. The first-order valence-corrected chi connectivity index (χ1v) is 16.4. The molecule has 0 heterocycles. The second kappa shape index (κ2) is 17.2. The number of carboxylic acids is 1. The molecule has 1 aliphatic carbocycles. The lowest BCUT2D eigenvalue weighted by atomic mass is 9.98.